The fraction of sp³-hybridized carbons (Fsp3) is 0.188. The smallest absolute Gasteiger partial charge is 0.194 e. The molecule has 84 valence electrons. The molecule has 3 aromatic rings. The third-order valence-electron chi connectivity index (χ3n) is 3.40. The summed E-state index contributed by atoms with van der Waals surface area (Å²) in [5, 5.41) is 2.61. The molecule has 0 atom stereocenters. The Hall–Kier alpha value is -1.89. The number of aromatic nitrogens is 1. The summed E-state index contributed by atoms with van der Waals surface area (Å²) in [4.78, 5) is 0. The Kier molecular flexibility index (Phi) is 2.15. The summed E-state index contributed by atoms with van der Waals surface area (Å²) in [5.74, 6) is 0. The van der Waals surface area contributed by atoms with E-state index in [1.165, 1.54) is 32.9 Å². The van der Waals surface area contributed by atoms with E-state index in [1.807, 2.05) is 0 Å². The predicted molar refractivity (Wildman–Crippen MR) is 72.1 cm³/mol. The van der Waals surface area contributed by atoms with Crippen molar-refractivity contribution in [3.63, 3.8) is 0 Å². The fourth-order valence-electron chi connectivity index (χ4n) is 2.46. The van der Waals surface area contributed by atoms with Gasteiger partial charge in [0.05, 0.1) is 0 Å². The molecule has 0 aliphatic heterocycles. The van der Waals surface area contributed by atoms with E-state index in [4.69, 9.17) is 0 Å². The first-order valence-corrected chi connectivity index (χ1v) is 5.95. The standard InChI is InChI=1S/C16H16N/c1-11-5-7-15-14(8-11)10-13-6-4-12(2)9-16(13)17(15)3/h4-10H,1-3H3/q+1. The van der Waals surface area contributed by atoms with E-state index < -0.39 is 0 Å². The number of benzene rings is 2. The van der Waals surface area contributed by atoms with Gasteiger partial charge in [0.25, 0.3) is 0 Å². The molecule has 0 unspecified atom stereocenters. The number of rotatable bonds is 0. The molecular formula is C16H16N+. The Bertz CT molecular complexity index is 726. The molecule has 0 fully saturated rings. The van der Waals surface area contributed by atoms with Crippen LogP contribution < -0.4 is 4.57 Å². The molecule has 0 radical (unpaired) electrons. The van der Waals surface area contributed by atoms with E-state index in [-0.39, 0.29) is 0 Å². The van der Waals surface area contributed by atoms with Gasteiger partial charge in [-0.3, -0.25) is 0 Å². The second kappa shape index (κ2) is 3.56. The van der Waals surface area contributed by atoms with E-state index in [0.717, 1.165) is 0 Å². The Morgan fingerprint density at radius 1 is 0.706 bits per heavy atom. The molecule has 0 amide bonds. The number of aryl methyl sites for hydroxylation is 3. The summed E-state index contributed by atoms with van der Waals surface area (Å²) in [7, 11) is 2.14. The molecule has 0 aliphatic carbocycles. The van der Waals surface area contributed by atoms with Crippen LogP contribution in [0.3, 0.4) is 0 Å². The highest BCUT2D eigenvalue weighted by Gasteiger charge is 2.11. The quantitative estimate of drug-likeness (QED) is 0.405. The van der Waals surface area contributed by atoms with Gasteiger partial charge in [0.1, 0.15) is 7.05 Å². The van der Waals surface area contributed by atoms with Gasteiger partial charge >= 0.3 is 0 Å². The molecule has 0 aliphatic rings. The molecule has 1 aromatic heterocycles. The lowest BCUT2D eigenvalue weighted by molar-refractivity contribution is -0.617. The highest BCUT2D eigenvalue weighted by molar-refractivity contribution is 5.89. The van der Waals surface area contributed by atoms with Gasteiger partial charge in [0.15, 0.2) is 0 Å². The summed E-state index contributed by atoms with van der Waals surface area (Å²) in [6.45, 7) is 4.28. The second-order valence-electron chi connectivity index (χ2n) is 4.83. The molecule has 1 nitrogen and oxygen atoms in total. The maximum Gasteiger partial charge on any atom is 0.213 e. The van der Waals surface area contributed by atoms with Gasteiger partial charge < -0.3 is 0 Å². The van der Waals surface area contributed by atoms with Crippen LogP contribution in [0.2, 0.25) is 0 Å². The van der Waals surface area contributed by atoms with Crippen LogP contribution in [0.5, 0.6) is 0 Å². The Morgan fingerprint density at radius 3 is 2.24 bits per heavy atom. The van der Waals surface area contributed by atoms with Gasteiger partial charge in [-0.25, -0.2) is 0 Å². The highest BCUT2D eigenvalue weighted by atomic mass is 14.9. The molecule has 2 aromatic carbocycles. The van der Waals surface area contributed by atoms with Gasteiger partial charge in [0, 0.05) is 22.9 Å². The molecule has 0 saturated carbocycles. The van der Waals surface area contributed by atoms with Crippen LogP contribution in [0.15, 0.2) is 42.5 Å². The summed E-state index contributed by atoms with van der Waals surface area (Å²) >= 11 is 0. The molecule has 1 heteroatoms. The van der Waals surface area contributed by atoms with Crippen molar-refractivity contribution in [2.45, 2.75) is 13.8 Å². The number of fused-ring (bicyclic) bond motifs is 2. The van der Waals surface area contributed by atoms with Crippen LogP contribution in [0.25, 0.3) is 21.8 Å². The third kappa shape index (κ3) is 1.59. The van der Waals surface area contributed by atoms with Crippen molar-refractivity contribution >= 4 is 21.8 Å². The average molecular weight is 222 g/mol. The fourth-order valence-corrected chi connectivity index (χ4v) is 2.46. The van der Waals surface area contributed by atoms with E-state index in [9.17, 15) is 0 Å². The summed E-state index contributed by atoms with van der Waals surface area (Å²) < 4.78 is 2.27. The normalized spacial score (nSPS) is 11.2. The molecule has 3 rings (SSSR count). The minimum absolute atomic E-state index is 1.29. The lowest BCUT2D eigenvalue weighted by Gasteiger charge is -2.03. The number of pyridine rings is 1. The minimum atomic E-state index is 1.29. The zero-order valence-electron chi connectivity index (χ0n) is 10.5. The van der Waals surface area contributed by atoms with Gasteiger partial charge in [-0.2, -0.15) is 4.57 Å². The van der Waals surface area contributed by atoms with Gasteiger partial charge in [-0.05, 0) is 37.6 Å². The Morgan fingerprint density at radius 2 is 1.41 bits per heavy atom. The van der Waals surface area contributed by atoms with Crippen LogP contribution in [-0.2, 0) is 7.05 Å². The second-order valence-corrected chi connectivity index (χ2v) is 4.83. The van der Waals surface area contributed by atoms with Crippen molar-refractivity contribution in [1.82, 2.24) is 0 Å². The average Bonchev–Trinajstić information content (AvgIpc) is 2.30. The summed E-state index contributed by atoms with van der Waals surface area (Å²) in [6, 6.07) is 15.5. The largest absolute Gasteiger partial charge is 0.213 e. The van der Waals surface area contributed by atoms with E-state index >= 15 is 0 Å². The zero-order chi connectivity index (χ0) is 12.0. The monoisotopic (exact) mass is 222 g/mol. The van der Waals surface area contributed by atoms with Crippen LogP contribution in [0.1, 0.15) is 11.1 Å². The van der Waals surface area contributed by atoms with E-state index in [0.29, 0.717) is 0 Å². The zero-order valence-corrected chi connectivity index (χ0v) is 10.5. The number of nitrogens with zero attached hydrogens (tertiary/aromatic N) is 1. The predicted octanol–water partition coefficient (Wildman–Crippen LogP) is 3.43. The maximum absolute atomic E-state index is 2.27. The van der Waals surface area contributed by atoms with Crippen molar-refractivity contribution in [2.24, 2.45) is 7.05 Å². The van der Waals surface area contributed by atoms with Crippen LogP contribution in [-0.4, -0.2) is 0 Å². The van der Waals surface area contributed by atoms with Crippen molar-refractivity contribution in [3.8, 4) is 0 Å². The molecular weight excluding hydrogens is 206 g/mol. The van der Waals surface area contributed by atoms with Crippen LogP contribution in [0, 0.1) is 13.8 Å². The summed E-state index contributed by atoms with van der Waals surface area (Å²) in [6.07, 6.45) is 0. The highest BCUT2D eigenvalue weighted by Crippen LogP contribution is 2.19. The van der Waals surface area contributed by atoms with Crippen molar-refractivity contribution in [2.75, 3.05) is 0 Å². The van der Waals surface area contributed by atoms with Gasteiger partial charge in [-0.1, -0.05) is 17.7 Å². The van der Waals surface area contributed by atoms with Gasteiger partial charge in [0.2, 0.25) is 11.0 Å². The first kappa shape index (κ1) is 10.3. The van der Waals surface area contributed by atoms with Crippen molar-refractivity contribution in [1.29, 1.82) is 0 Å². The molecule has 17 heavy (non-hydrogen) atoms. The molecule has 0 bridgehead atoms. The first-order valence-electron chi connectivity index (χ1n) is 5.95. The summed E-state index contributed by atoms with van der Waals surface area (Å²) in [5.41, 5.74) is 5.19. The maximum atomic E-state index is 2.27. The molecule has 0 saturated heterocycles. The third-order valence-corrected chi connectivity index (χ3v) is 3.40. The van der Waals surface area contributed by atoms with E-state index in [2.05, 4.69) is 67.9 Å². The lowest BCUT2D eigenvalue weighted by atomic mass is 10.1. The minimum Gasteiger partial charge on any atom is -0.194 e. The van der Waals surface area contributed by atoms with E-state index in [1.54, 1.807) is 0 Å². The number of hydrogen-bond donors (Lipinski definition) is 0. The molecule has 0 spiro atoms. The topological polar surface area (TPSA) is 3.88 Å². The first-order chi connectivity index (χ1) is 8.15. The van der Waals surface area contributed by atoms with Gasteiger partial charge in [-0.15, -0.1) is 0 Å². The molecule has 0 N–H and O–H groups in total. The Balaban J connectivity index is 2.52. The van der Waals surface area contributed by atoms with Crippen LogP contribution >= 0.6 is 0 Å². The lowest BCUT2D eigenvalue weighted by Crippen LogP contribution is -2.30. The Labute approximate surface area is 101 Å². The number of hydrogen-bond acceptors (Lipinski definition) is 0. The molecule has 1 heterocycles. The van der Waals surface area contributed by atoms with Crippen molar-refractivity contribution < 1.29 is 4.57 Å². The SMILES string of the molecule is Cc1ccc2c(c1)cc1ccc(C)cc1[n+]2C. The van der Waals surface area contributed by atoms with Crippen molar-refractivity contribution in [3.05, 3.63) is 53.6 Å². The van der Waals surface area contributed by atoms with Crippen LogP contribution in [0.4, 0.5) is 0 Å².